The molecular weight excluding hydrogens is 474 g/mol. The minimum absolute atomic E-state index is 0. The molecule has 21 heteroatoms. The van der Waals surface area contributed by atoms with E-state index in [4.69, 9.17) is 29.4 Å². The van der Waals surface area contributed by atoms with Crippen LogP contribution in [0.5, 0.6) is 0 Å². The van der Waals surface area contributed by atoms with Crippen molar-refractivity contribution in [3.05, 3.63) is 0 Å². The smallest absolute Gasteiger partial charge is 0.549 e. The van der Waals surface area contributed by atoms with Crippen molar-refractivity contribution in [1.29, 1.82) is 0 Å². The summed E-state index contributed by atoms with van der Waals surface area (Å²) in [6.07, 6.45) is -3.60. The van der Waals surface area contributed by atoms with E-state index < -0.39 is 59.2 Å². The Kier molecular flexibility index (Phi) is 31.4. The first-order valence-electron chi connectivity index (χ1n) is 4.98. The van der Waals surface area contributed by atoms with Gasteiger partial charge in [-0.3, -0.25) is 13.7 Å². The summed E-state index contributed by atoms with van der Waals surface area (Å²) in [5.41, 5.74) is 0. The van der Waals surface area contributed by atoms with Gasteiger partial charge < -0.3 is 59.1 Å². The maximum absolute atomic E-state index is 9.72. The second-order valence-electron chi connectivity index (χ2n) is 3.58. The van der Waals surface area contributed by atoms with Crippen molar-refractivity contribution in [3.8, 4) is 0 Å². The van der Waals surface area contributed by atoms with Gasteiger partial charge in [-0.15, -0.1) is 0 Å². The van der Waals surface area contributed by atoms with Crippen LogP contribution >= 0.6 is 22.8 Å². The summed E-state index contributed by atoms with van der Waals surface area (Å²) >= 11 is 0. The van der Waals surface area contributed by atoms with Gasteiger partial charge in [-0.1, -0.05) is 0 Å². The summed E-state index contributed by atoms with van der Waals surface area (Å²) in [5.74, 6) is -5.21. The number of carbonyl (C=O) groups is 3. The van der Waals surface area contributed by atoms with Crippen LogP contribution in [0.15, 0.2) is 0 Å². The molecule has 0 saturated carbocycles. The Hall–Kier alpha value is 1.86. The van der Waals surface area contributed by atoms with Crippen LogP contribution in [0.1, 0.15) is 0 Å². The molecule has 0 radical (unpaired) electrons. The van der Waals surface area contributed by atoms with E-state index in [1.165, 1.54) is 0 Å². The van der Waals surface area contributed by atoms with Gasteiger partial charge in [-0.05, 0) is 0 Å². The zero-order valence-corrected chi connectivity index (χ0v) is 23.0. The third-order valence-electron chi connectivity index (χ3n) is 1.01. The van der Waals surface area contributed by atoms with Gasteiger partial charge in [0.1, 0.15) is 0 Å². The SMILES string of the molecule is O=C([O-])CP(=O)(O)O.O=C([O-])CP(=O)(O)O.O=C([O-])CP(=O)(O)O.[Na+].[Na+].[Na+]. The molecule has 0 aromatic carbocycles. The third kappa shape index (κ3) is 65.5. The number of carboxylic acids is 3. The second-order valence-corrected chi connectivity index (χ2v) is 8.52. The zero-order chi connectivity index (χ0) is 20.4. The molecule has 0 atom stereocenters. The van der Waals surface area contributed by atoms with Crippen molar-refractivity contribution in [2.45, 2.75) is 0 Å². The third-order valence-corrected chi connectivity index (χ3v) is 3.02. The molecule has 0 aliphatic rings. The number of aliphatic carboxylic acids is 3. The van der Waals surface area contributed by atoms with Crippen LogP contribution < -0.4 is 104 Å². The van der Waals surface area contributed by atoms with Crippen LogP contribution in [0, 0.1) is 0 Å². The molecule has 0 unspecified atom stereocenters. The Labute approximate surface area is 218 Å². The minimum Gasteiger partial charge on any atom is -0.549 e. The Bertz CT molecular complexity index is 495. The van der Waals surface area contributed by atoms with Gasteiger partial charge in [-0.25, -0.2) is 0 Å². The Morgan fingerprint density at radius 1 is 0.519 bits per heavy atom. The monoisotopic (exact) mass is 486 g/mol. The fourth-order valence-electron chi connectivity index (χ4n) is 0.505. The molecule has 0 aliphatic carbocycles. The van der Waals surface area contributed by atoms with Crippen molar-refractivity contribution in [3.63, 3.8) is 0 Å². The van der Waals surface area contributed by atoms with E-state index >= 15 is 0 Å². The Balaban J connectivity index is -0.0000000580. The molecule has 0 saturated heterocycles. The molecule has 0 aromatic heterocycles. The van der Waals surface area contributed by atoms with E-state index in [0.717, 1.165) is 0 Å². The molecular formula is C6H12Na3O15P3. The molecule has 0 aromatic rings. The van der Waals surface area contributed by atoms with E-state index in [1.807, 2.05) is 0 Å². The topological polar surface area (TPSA) is 293 Å². The molecule has 6 N–H and O–H groups in total. The first kappa shape index (κ1) is 42.9. The zero-order valence-electron chi connectivity index (χ0n) is 14.3. The minimum atomic E-state index is -4.38. The van der Waals surface area contributed by atoms with Crippen molar-refractivity contribution >= 4 is 40.7 Å². The average molecular weight is 486 g/mol. The molecule has 0 aliphatic heterocycles. The van der Waals surface area contributed by atoms with Gasteiger partial charge >= 0.3 is 111 Å². The van der Waals surface area contributed by atoms with Crippen LogP contribution in [0.3, 0.4) is 0 Å². The van der Waals surface area contributed by atoms with Crippen molar-refractivity contribution < 1.29 is 161 Å². The van der Waals surface area contributed by atoms with E-state index in [1.54, 1.807) is 0 Å². The van der Waals surface area contributed by atoms with Crippen LogP contribution in [0.25, 0.3) is 0 Å². The maximum Gasteiger partial charge on any atom is 1.00 e. The molecule has 0 fully saturated rings. The van der Waals surface area contributed by atoms with E-state index in [0.29, 0.717) is 0 Å². The molecule has 0 spiro atoms. The molecule has 0 rings (SSSR count). The predicted octanol–water partition coefficient (Wildman–Crippen LogP) is -15.2. The number of carbonyl (C=O) groups excluding carboxylic acids is 3. The van der Waals surface area contributed by atoms with Gasteiger partial charge in [-0.2, -0.15) is 0 Å². The van der Waals surface area contributed by atoms with E-state index in [2.05, 4.69) is 0 Å². The van der Waals surface area contributed by atoms with Crippen LogP contribution in [-0.2, 0) is 28.1 Å². The summed E-state index contributed by atoms with van der Waals surface area (Å²) in [6.45, 7) is 0. The first-order valence-corrected chi connectivity index (χ1v) is 10.4. The predicted molar refractivity (Wildman–Crippen MR) is 65.8 cm³/mol. The normalized spacial score (nSPS) is 10.0. The average Bonchev–Trinajstić information content (AvgIpc) is 2.04. The first-order chi connectivity index (χ1) is 10.2. The van der Waals surface area contributed by atoms with Crippen molar-refractivity contribution in [2.75, 3.05) is 18.5 Å². The van der Waals surface area contributed by atoms with Crippen molar-refractivity contribution in [2.24, 2.45) is 0 Å². The summed E-state index contributed by atoms with van der Waals surface area (Å²) in [6, 6.07) is 0. The summed E-state index contributed by atoms with van der Waals surface area (Å²) < 4.78 is 29.1. The molecule has 15 nitrogen and oxygen atoms in total. The van der Waals surface area contributed by atoms with Crippen LogP contribution in [0.2, 0.25) is 0 Å². The number of hydrogen-bond acceptors (Lipinski definition) is 9. The summed E-state index contributed by atoms with van der Waals surface area (Å²) in [4.78, 5) is 75.5. The Morgan fingerprint density at radius 3 is 0.630 bits per heavy atom. The maximum atomic E-state index is 9.72. The summed E-state index contributed by atoms with van der Waals surface area (Å²) in [5, 5.41) is 28.2. The van der Waals surface area contributed by atoms with Gasteiger partial charge in [0.25, 0.3) is 0 Å². The molecule has 27 heavy (non-hydrogen) atoms. The quantitative estimate of drug-likeness (QED) is 0.150. The number of carboxylic acid groups (broad SMARTS) is 3. The van der Waals surface area contributed by atoms with Crippen LogP contribution in [0.4, 0.5) is 0 Å². The molecule has 0 bridgehead atoms. The number of hydrogen-bond donors (Lipinski definition) is 6. The van der Waals surface area contributed by atoms with Gasteiger partial charge in [0.2, 0.25) is 0 Å². The molecule has 0 amide bonds. The second kappa shape index (κ2) is 19.8. The fourth-order valence-corrected chi connectivity index (χ4v) is 1.51. The largest absolute Gasteiger partial charge is 1.00 e. The fraction of sp³-hybridized carbons (Fsp3) is 0.500. The van der Waals surface area contributed by atoms with Gasteiger partial charge in [0, 0.05) is 0 Å². The number of rotatable bonds is 6. The van der Waals surface area contributed by atoms with Gasteiger partial charge in [0.05, 0.1) is 36.4 Å². The van der Waals surface area contributed by atoms with Crippen LogP contribution in [-0.4, -0.2) is 65.8 Å². The van der Waals surface area contributed by atoms with E-state index in [-0.39, 0.29) is 88.7 Å². The Morgan fingerprint density at radius 2 is 0.630 bits per heavy atom. The molecule has 0 heterocycles. The standard InChI is InChI=1S/3C2H5O5P.3Na/c3*3-2(4)1-8(5,6)7;;;/h3*1H2,(H,3,4)(H2,5,6,7);;;/q;;;3*+1/p-3. The summed E-state index contributed by atoms with van der Waals surface area (Å²) in [7, 11) is -13.2. The van der Waals surface area contributed by atoms with E-state index in [9.17, 15) is 43.4 Å². The van der Waals surface area contributed by atoms with Crippen molar-refractivity contribution in [1.82, 2.24) is 0 Å². The van der Waals surface area contributed by atoms with Gasteiger partial charge in [0.15, 0.2) is 0 Å². The molecule has 144 valence electrons.